The van der Waals surface area contributed by atoms with E-state index in [0.717, 1.165) is 12.3 Å². The molecule has 0 aliphatic rings. The highest BCUT2D eigenvalue weighted by Crippen LogP contribution is 2.20. The number of carboxylic acid groups (broad SMARTS) is 1. The molecule has 0 heterocycles. The van der Waals surface area contributed by atoms with E-state index in [1.54, 1.807) is 0 Å². The van der Waals surface area contributed by atoms with Crippen molar-refractivity contribution in [2.24, 2.45) is 23.5 Å². The summed E-state index contributed by atoms with van der Waals surface area (Å²) in [4.78, 5) is 10.6. The van der Waals surface area contributed by atoms with Crippen LogP contribution in [0.3, 0.4) is 0 Å². The van der Waals surface area contributed by atoms with E-state index in [0.29, 0.717) is 12.5 Å². The van der Waals surface area contributed by atoms with Crippen molar-refractivity contribution in [2.45, 2.75) is 59.3 Å². The fourth-order valence-electron chi connectivity index (χ4n) is 2.24. The molecule has 0 fully saturated rings. The predicted octanol–water partition coefficient (Wildman–Crippen LogP) is 3.28. The minimum Gasteiger partial charge on any atom is -0.481 e. The summed E-state index contributed by atoms with van der Waals surface area (Å²) in [5, 5.41) is 8.75. The van der Waals surface area contributed by atoms with Crippen LogP contribution < -0.4 is 5.73 Å². The molecule has 0 aromatic heterocycles. The Morgan fingerprint density at radius 2 is 1.76 bits per heavy atom. The first-order valence-corrected chi connectivity index (χ1v) is 6.87. The summed E-state index contributed by atoms with van der Waals surface area (Å²) < 4.78 is 0. The SMILES string of the molecule is CC(C)CCCCC(C)CC(CN)CC(=O)O. The van der Waals surface area contributed by atoms with E-state index in [-0.39, 0.29) is 12.3 Å². The van der Waals surface area contributed by atoms with E-state index in [2.05, 4.69) is 20.8 Å². The topological polar surface area (TPSA) is 63.3 Å². The monoisotopic (exact) mass is 243 g/mol. The molecule has 17 heavy (non-hydrogen) atoms. The molecule has 3 nitrogen and oxygen atoms in total. The van der Waals surface area contributed by atoms with Gasteiger partial charge in [0.15, 0.2) is 0 Å². The van der Waals surface area contributed by atoms with Gasteiger partial charge in [0.1, 0.15) is 0 Å². The molecule has 0 radical (unpaired) electrons. The van der Waals surface area contributed by atoms with Gasteiger partial charge in [0.05, 0.1) is 0 Å². The van der Waals surface area contributed by atoms with Gasteiger partial charge in [-0.1, -0.05) is 46.5 Å². The van der Waals surface area contributed by atoms with Gasteiger partial charge >= 0.3 is 5.97 Å². The van der Waals surface area contributed by atoms with Gasteiger partial charge in [-0.05, 0) is 30.7 Å². The molecule has 0 aromatic carbocycles. The van der Waals surface area contributed by atoms with Crippen LogP contribution >= 0.6 is 0 Å². The second kappa shape index (κ2) is 9.46. The van der Waals surface area contributed by atoms with Crippen LogP contribution in [0.1, 0.15) is 59.3 Å². The van der Waals surface area contributed by atoms with E-state index in [9.17, 15) is 4.79 Å². The molecule has 0 spiro atoms. The molecule has 3 heteroatoms. The van der Waals surface area contributed by atoms with Crippen molar-refractivity contribution in [1.29, 1.82) is 0 Å². The zero-order valence-corrected chi connectivity index (χ0v) is 11.6. The third-order valence-corrected chi connectivity index (χ3v) is 3.26. The van der Waals surface area contributed by atoms with Crippen LogP contribution in [-0.4, -0.2) is 17.6 Å². The summed E-state index contributed by atoms with van der Waals surface area (Å²) in [6.07, 6.45) is 6.19. The van der Waals surface area contributed by atoms with Crippen LogP contribution in [-0.2, 0) is 4.79 Å². The molecule has 3 N–H and O–H groups in total. The van der Waals surface area contributed by atoms with Crippen LogP contribution in [0.4, 0.5) is 0 Å². The first kappa shape index (κ1) is 16.4. The lowest BCUT2D eigenvalue weighted by Gasteiger charge is -2.18. The average molecular weight is 243 g/mol. The predicted molar refractivity (Wildman–Crippen MR) is 71.9 cm³/mol. The number of unbranched alkanes of at least 4 members (excludes halogenated alkanes) is 1. The molecule has 0 aliphatic carbocycles. The smallest absolute Gasteiger partial charge is 0.303 e. The zero-order chi connectivity index (χ0) is 13.3. The maximum atomic E-state index is 10.6. The quantitative estimate of drug-likeness (QED) is 0.579. The van der Waals surface area contributed by atoms with Gasteiger partial charge in [0, 0.05) is 6.42 Å². The highest BCUT2D eigenvalue weighted by atomic mass is 16.4. The first-order valence-electron chi connectivity index (χ1n) is 6.87. The highest BCUT2D eigenvalue weighted by Gasteiger charge is 2.15. The Hall–Kier alpha value is -0.570. The zero-order valence-electron chi connectivity index (χ0n) is 11.6. The van der Waals surface area contributed by atoms with Crippen molar-refractivity contribution in [3.05, 3.63) is 0 Å². The Labute approximate surface area is 106 Å². The molecule has 0 saturated carbocycles. The van der Waals surface area contributed by atoms with Gasteiger partial charge in [-0.3, -0.25) is 4.79 Å². The molecule has 0 bridgehead atoms. The van der Waals surface area contributed by atoms with E-state index in [1.165, 1.54) is 25.7 Å². The Morgan fingerprint density at radius 1 is 1.18 bits per heavy atom. The molecule has 0 aliphatic heterocycles. The van der Waals surface area contributed by atoms with E-state index in [1.807, 2.05) is 0 Å². The van der Waals surface area contributed by atoms with Gasteiger partial charge in [0.25, 0.3) is 0 Å². The Bertz CT molecular complexity index is 204. The Balaban J connectivity index is 3.67. The molecule has 0 amide bonds. The summed E-state index contributed by atoms with van der Waals surface area (Å²) in [5.41, 5.74) is 5.60. The third-order valence-electron chi connectivity index (χ3n) is 3.26. The maximum Gasteiger partial charge on any atom is 0.303 e. The molecule has 102 valence electrons. The van der Waals surface area contributed by atoms with Crippen LogP contribution in [0.2, 0.25) is 0 Å². The van der Waals surface area contributed by atoms with Gasteiger partial charge in [0.2, 0.25) is 0 Å². The molecule has 2 atom stereocenters. The van der Waals surface area contributed by atoms with Crippen molar-refractivity contribution in [1.82, 2.24) is 0 Å². The summed E-state index contributed by atoms with van der Waals surface area (Å²) in [6.45, 7) is 7.20. The van der Waals surface area contributed by atoms with Crippen LogP contribution in [0, 0.1) is 17.8 Å². The minimum atomic E-state index is -0.729. The largest absolute Gasteiger partial charge is 0.481 e. The summed E-state index contributed by atoms with van der Waals surface area (Å²) in [6, 6.07) is 0. The lowest BCUT2D eigenvalue weighted by Crippen LogP contribution is -2.20. The van der Waals surface area contributed by atoms with Gasteiger partial charge in [-0.15, -0.1) is 0 Å². The Kier molecular flexibility index (Phi) is 9.14. The van der Waals surface area contributed by atoms with Crippen molar-refractivity contribution >= 4 is 5.97 Å². The molecule has 0 saturated heterocycles. The standard InChI is InChI=1S/C14H29NO2/c1-11(2)6-4-5-7-12(3)8-13(10-15)9-14(16)17/h11-13H,4-10,15H2,1-3H3,(H,16,17). The van der Waals surface area contributed by atoms with Crippen molar-refractivity contribution < 1.29 is 9.90 Å². The second-order valence-electron chi connectivity index (χ2n) is 5.72. The third kappa shape index (κ3) is 10.3. The lowest BCUT2D eigenvalue weighted by molar-refractivity contribution is -0.138. The average Bonchev–Trinajstić information content (AvgIpc) is 2.22. The van der Waals surface area contributed by atoms with Crippen molar-refractivity contribution in [3.8, 4) is 0 Å². The van der Waals surface area contributed by atoms with Crippen LogP contribution in [0.25, 0.3) is 0 Å². The number of rotatable bonds is 10. The van der Waals surface area contributed by atoms with E-state index >= 15 is 0 Å². The highest BCUT2D eigenvalue weighted by molar-refractivity contribution is 5.67. The number of hydrogen-bond acceptors (Lipinski definition) is 2. The second-order valence-corrected chi connectivity index (χ2v) is 5.72. The van der Waals surface area contributed by atoms with Crippen LogP contribution in [0.15, 0.2) is 0 Å². The van der Waals surface area contributed by atoms with Crippen LogP contribution in [0.5, 0.6) is 0 Å². The van der Waals surface area contributed by atoms with Crippen molar-refractivity contribution in [2.75, 3.05) is 6.54 Å². The number of carbonyl (C=O) groups is 1. The number of hydrogen-bond donors (Lipinski definition) is 2. The van der Waals surface area contributed by atoms with E-state index < -0.39 is 5.97 Å². The summed E-state index contributed by atoms with van der Waals surface area (Å²) >= 11 is 0. The molecule has 2 unspecified atom stereocenters. The molecule has 0 aromatic rings. The maximum absolute atomic E-state index is 10.6. The number of aliphatic carboxylic acids is 1. The lowest BCUT2D eigenvalue weighted by atomic mass is 9.89. The fraction of sp³-hybridized carbons (Fsp3) is 0.929. The fourth-order valence-corrected chi connectivity index (χ4v) is 2.24. The summed E-state index contributed by atoms with van der Waals surface area (Å²) in [7, 11) is 0. The minimum absolute atomic E-state index is 0.146. The number of carboxylic acids is 1. The molecular weight excluding hydrogens is 214 g/mol. The van der Waals surface area contributed by atoms with Crippen molar-refractivity contribution in [3.63, 3.8) is 0 Å². The summed E-state index contributed by atoms with van der Waals surface area (Å²) in [5.74, 6) is 0.796. The molecular formula is C14H29NO2. The Morgan fingerprint density at radius 3 is 2.24 bits per heavy atom. The van der Waals surface area contributed by atoms with Gasteiger partial charge < -0.3 is 10.8 Å². The molecule has 0 rings (SSSR count). The van der Waals surface area contributed by atoms with Gasteiger partial charge in [-0.2, -0.15) is 0 Å². The van der Waals surface area contributed by atoms with E-state index in [4.69, 9.17) is 10.8 Å². The van der Waals surface area contributed by atoms with Gasteiger partial charge in [-0.25, -0.2) is 0 Å². The number of nitrogens with two attached hydrogens (primary N) is 1. The normalized spacial score (nSPS) is 14.9. The first-order chi connectivity index (χ1) is 7.95.